The van der Waals surface area contributed by atoms with Crippen LogP contribution in [-0.2, 0) is 4.79 Å². The zero-order chi connectivity index (χ0) is 21.0. The van der Waals surface area contributed by atoms with Gasteiger partial charge in [0, 0.05) is 0 Å². The summed E-state index contributed by atoms with van der Waals surface area (Å²) in [5.74, 6) is 2.06. The van der Waals surface area contributed by atoms with E-state index in [9.17, 15) is 9.59 Å². The first-order valence-corrected chi connectivity index (χ1v) is 8.64. The normalized spacial score (nSPS) is 14.5. The Balaban J connectivity index is 1.87. The Hall–Kier alpha value is -4.05. The van der Waals surface area contributed by atoms with Gasteiger partial charge in [-0.15, -0.1) is 6.42 Å². The molecule has 0 bridgehead atoms. The van der Waals surface area contributed by atoms with Gasteiger partial charge in [-0.2, -0.15) is 10.1 Å². The van der Waals surface area contributed by atoms with Crippen LogP contribution in [-0.4, -0.2) is 36.4 Å². The quantitative estimate of drug-likeness (QED) is 0.604. The van der Waals surface area contributed by atoms with E-state index in [0.29, 0.717) is 28.5 Å². The Morgan fingerprint density at radius 1 is 1.24 bits per heavy atom. The van der Waals surface area contributed by atoms with Gasteiger partial charge in [0.15, 0.2) is 11.5 Å². The van der Waals surface area contributed by atoms with Gasteiger partial charge in [-0.1, -0.05) is 12.0 Å². The number of amides is 1. The number of hydrogen-bond donors (Lipinski definition) is 1. The molecule has 0 unspecified atom stereocenters. The molecule has 0 aromatic heterocycles. The summed E-state index contributed by atoms with van der Waals surface area (Å²) in [6, 6.07) is 11.2. The Kier molecular flexibility index (Phi) is 5.65. The molecule has 1 heterocycles. The smallest absolute Gasteiger partial charge is 0.335 e. The molecule has 7 heteroatoms. The lowest BCUT2D eigenvalue weighted by molar-refractivity contribution is -0.114. The SMILES string of the molecule is C#CCOc1ccc(/C=C2\C(=O)N(c3ccc(C(=O)O)cc3)N=C2C)cc1OC. The molecule has 1 amide bonds. The van der Waals surface area contributed by atoms with Gasteiger partial charge in [0.1, 0.15) is 6.61 Å². The van der Waals surface area contributed by atoms with E-state index < -0.39 is 5.97 Å². The van der Waals surface area contributed by atoms with Crippen molar-refractivity contribution in [3.05, 3.63) is 59.2 Å². The van der Waals surface area contributed by atoms with Crippen LogP contribution in [0.4, 0.5) is 5.69 Å². The molecule has 1 N–H and O–H groups in total. The van der Waals surface area contributed by atoms with Crippen LogP contribution in [0.15, 0.2) is 53.1 Å². The monoisotopic (exact) mass is 390 g/mol. The number of nitrogens with zero attached hydrogens (tertiary/aromatic N) is 2. The zero-order valence-electron chi connectivity index (χ0n) is 15.9. The molecular formula is C22H18N2O5. The number of carbonyl (C=O) groups excluding carboxylic acids is 1. The second-order valence-electron chi connectivity index (χ2n) is 6.12. The van der Waals surface area contributed by atoms with Crippen LogP contribution in [0, 0.1) is 12.3 Å². The van der Waals surface area contributed by atoms with Crippen molar-refractivity contribution in [3.63, 3.8) is 0 Å². The van der Waals surface area contributed by atoms with Crippen LogP contribution in [0.5, 0.6) is 11.5 Å². The number of carboxylic acid groups (broad SMARTS) is 1. The van der Waals surface area contributed by atoms with E-state index in [2.05, 4.69) is 11.0 Å². The molecule has 0 saturated carbocycles. The first-order valence-electron chi connectivity index (χ1n) is 8.64. The Labute approximate surface area is 167 Å². The largest absolute Gasteiger partial charge is 0.493 e. The van der Waals surface area contributed by atoms with E-state index >= 15 is 0 Å². The van der Waals surface area contributed by atoms with E-state index in [4.69, 9.17) is 21.0 Å². The molecule has 2 aromatic carbocycles. The number of carbonyl (C=O) groups is 2. The van der Waals surface area contributed by atoms with Crippen LogP contribution in [0.2, 0.25) is 0 Å². The van der Waals surface area contributed by atoms with Crippen LogP contribution in [0.25, 0.3) is 6.08 Å². The van der Waals surface area contributed by atoms with Crippen molar-refractivity contribution in [2.45, 2.75) is 6.92 Å². The van der Waals surface area contributed by atoms with Crippen molar-refractivity contribution in [3.8, 4) is 23.8 Å². The Morgan fingerprint density at radius 3 is 2.59 bits per heavy atom. The third-order valence-electron chi connectivity index (χ3n) is 4.23. The number of anilines is 1. The second-order valence-corrected chi connectivity index (χ2v) is 6.12. The highest BCUT2D eigenvalue weighted by molar-refractivity contribution is 6.32. The van der Waals surface area contributed by atoms with Crippen molar-refractivity contribution in [2.75, 3.05) is 18.7 Å². The molecule has 29 heavy (non-hydrogen) atoms. The standard InChI is InChI=1S/C22H18N2O5/c1-4-11-29-19-10-5-15(13-20(19)28-3)12-18-14(2)23-24(21(18)25)17-8-6-16(7-9-17)22(26)27/h1,5-10,12-13H,11H2,2-3H3,(H,26,27)/b18-12-. The number of rotatable bonds is 6. The summed E-state index contributed by atoms with van der Waals surface area (Å²) in [6.07, 6.45) is 6.92. The van der Waals surface area contributed by atoms with Gasteiger partial charge in [-0.05, 0) is 55.0 Å². The first-order chi connectivity index (χ1) is 13.9. The first kappa shape index (κ1) is 19.7. The van der Waals surface area contributed by atoms with Gasteiger partial charge < -0.3 is 14.6 Å². The van der Waals surface area contributed by atoms with E-state index in [0.717, 1.165) is 5.56 Å². The third-order valence-corrected chi connectivity index (χ3v) is 4.23. The van der Waals surface area contributed by atoms with E-state index in [-0.39, 0.29) is 18.1 Å². The highest BCUT2D eigenvalue weighted by Gasteiger charge is 2.28. The average molecular weight is 390 g/mol. The van der Waals surface area contributed by atoms with Crippen LogP contribution < -0.4 is 14.5 Å². The molecular weight excluding hydrogens is 372 g/mol. The lowest BCUT2D eigenvalue weighted by atomic mass is 10.1. The number of benzene rings is 2. The maximum absolute atomic E-state index is 12.9. The van der Waals surface area contributed by atoms with E-state index in [1.54, 1.807) is 43.3 Å². The van der Waals surface area contributed by atoms with E-state index in [1.807, 2.05) is 0 Å². The minimum absolute atomic E-state index is 0.122. The number of hydrazone groups is 1. The Morgan fingerprint density at radius 2 is 1.97 bits per heavy atom. The van der Waals surface area contributed by atoms with Crippen LogP contribution >= 0.6 is 0 Å². The minimum Gasteiger partial charge on any atom is -0.493 e. The van der Waals surface area contributed by atoms with E-state index in [1.165, 1.54) is 24.3 Å². The lowest BCUT2D eigenvalue weighted by Gasteiger charge is -2.12. The third kappa shape index (κ3) is 4.12. The van der Waals surface area contributed by atoms with Gasteiger partial charge in [-0.3, -0.25) is 4.79 Å². The summed E-state index contributed by atoms with van der Waals surface area (Å²) in [6.45, 7) is 1.85. The number of terminal acetylenes is 1. The molecule has 146 valence electrons. The summed E-state index contributed by atoms with van der Waals surface area (Å²) >= 11 is 0. The fraction of sp³-hybridized carbons (Fsp3) is 0.136. The predicted octanol–water partition coefficient (Wildman–Crippen LogP) is 3.21. The van der Waals surface area contributed by atoms with Gasteiger partial charge >= 0.3 is 5.97 Å². The summed E-state index contributed by atoms with van der Waals surface area (Å²) < 4.78 is 10.7. The van der Waals surface area contributed by atoms with Crippen molar-refractivity contribution in [2.24, 2.45) is 5.10 Å². The second kappa shape index (κ2) is 8.31. The number of methoxy groups -OCH3 is 1. The minimum atomic E-state index is -1.03. The molecule has 0 saturated heterocycles. The van der Waals surface area contributed by atoms with Gasteiger partial charge in [0.25, 0.3) is 5.91 Å². The number of ether oxygens (including phenoxy) is 2. The summed E-state index contributed by atoms with van der Waals surface area (Å²) in [5, 5.41) is 14.5. The van der Waals surface area contributed by atoms with Crippen molar-refractivity contribution in [1.82, 2.24) is 0 Å². The maximum atomic E-state index is 12.9. The van der Waals surface area contributed by atoms with Crippen LogP contribution in [0.1, 0.15) is 22.8 Å². The fourth-order valence-electron chi connectivity index (χ4n) is 2.78. The molecule has 0 radical (unpaired) electrons. The summed E-state index contributed by atoms with van der Waals surface area (Å²) in [5.41, 5.74) is 2.32. The van der Waals surface area contributed by atoms with Gasteiger partial charge in [-0.25, -0.2) is 4.79 Å². The molecule has 0 atom stereocenters. The molecule has 0 aliphatic carbocycles. The molecule has 1 aliphatic rings. The molecule has 7 nitrogen and oxygen atoms in total. The predicted molar refractivity (Wildman–Crippen MR) is 109 cm³/mol. The van der Waals surface area contributed by atoms with Crippen molar-refractivity contribution in [1.29, 1.82) is 0 Å². The Bertz CT molecular complexity index is 1060. The van der Waals surface area contributed by atoms with Gasteiger partial charge in [0.05, 0.1) is 29.6 Å². The number of aromatic carboxylic acids is 1. The topological polar surface area (TPSA) is 88.4 Å². The molecule has 0 spiro atoms. The summed E-state index contributed by atoms with van der Waals surface area (Å²) in [7, 11) is 1.52. The number of carboxylic acids is 1. The highest BCUT2D eigenvalue weighted by Crippen LogP contribution is 2.30. The maximum Gasteiger partial charge on any atom is 0.335 e. The highest BCUT2D eigenvalue weighted by atomic mass is 16.5. The fourth-order valence-corrected chi connectivity index (χ4v) is 2.78. The van der Waals surface area contributed by atoms with Crippen molar-refractivity contribution >= 4 is 29.4 Å². The molecule has 2 aromatic rings. The van der Waals surface area contributed by atoms with Crippen LogP contribution in [0.3, 0.4) is 0 Å². The van der Waals surface area contributed by atoms with Crippen molar-refractivity contribution < 1.29 is 24.2 Å². The zero-order valence-corrected chi connectivity index (χ0v) is 15.9. The molecule has 1 aliphatic heterocycles. The molecule has 0 fully saturated rings. The molecule has 3 rings (SSSR count). The lowest BCUT2D eigenvalue weighted by Crippen LogP contribution is -2.21. The average Bonchev–Trinajstić information content (AvgIpc) is 3.01. The number of hydrogen-bond acceptors (Lipinski definition) is 5. The summed E-state index contributed by atoms with van der Waals surface area (Å²) in [4.78, 5) is 23.8. The van der Waals surface area contributed by atoms with Gasteiger partial charge in [0.2, 0.25) is 0 Å².